The normalized spacial score (nSPS) is 22.3. The summed E-state index contributed by atoms with van der Waals surface area (Å²) in [5, 5.41) is 13.0. The molecule has 1 aromatic carbocycles. The Morgan fingerprint density at radius 1 is 1.28 bits per heavy atom. The van der Waals surface area contributed by atoms with Gasteiger partial charge in [-0.3, -0.25) is 4.79 Å². The molecule has 1 heterocycles. The number of benzene rings is 1. The van der Waals surface area contributed by atoms with Crippen molar-refractivity contribution < 1.29 is 19.4 Å². The minimum atomic E-state index is -0.897. The molecule has 1 aliphatic rings. The highest BCUT2D eigenvalue weighted by atomic mass is 16.6. The fraction of sp³-hybridized carbons (Fsp3) is 0.579. The molecule has 1 saturated heterocycles. The van der Waals surface area contributed by atoms with E-state index in [4.69, 9.17) is 4.74 Å². The Hall–Kier alpha value is -2.08. The van der Waals surface area contributed by atoms with Gasteiger partial charge in [0.25, 0.3) is 0 Å². The molecule has 0 unspecified atom stereocenters. The first-order valence-electron chi connectivity index (χ1n) is 8.69. The van der Waals surface area contributed by atoms with Crippen molar-refractivity contribution in [3.8, 4) is 0 Å². The van der Waals surface area contributed by atoms with Gasteiger partial charge in [-0.1, -0.05) is 30.3 Å². The Kier molecular flexibility index (Phi) is 6.06. The zero-order valence-corrected chi connectivity index (χ0v) is 15.4. The fourth-order valence-corrected chi connectivity index (χ4v) is 3.05. The van der Waals surface area contributed by atoms with E-state index >= 15 is 0 Å². The topological polar surface area (TPSA) is 78.9 Å². The van der Waals surface area contributed by atoms with E-state index in [-0.39, 0.29) is 18.6 Å². The Bertz CT molecular complexity index is 597. The van der Waals surface area contributed by atoms with Gasteiger partial charge in [-0.2, -0.15) is 0 Å². The minimum absolute atomic E-state index is 0.0427. The second-order valence-electron chi connectivity index (χ2n) is 7.57. The third-order valence-corrected chi connectivity index (χ3v) is 4.35. The molecular weight excluding hydrogens is 320 g/mol. The number of hydrogen-bond acceptors (Lipinski definition) is 4. The van der Waals surface area contributed by atoms with Crippen molar-refractivity contribution in [1.29, 1.82) is 0 Å². The number of piperidine rings is 1. The molecule has 25 heavy (non-hydrogen) atoms. The van der Waals surface area contributed by atoms with Crippen LogP contribution in [-0.2, 0) is 9.53 Å². The van der Waals surface area contributed by atoms with Gasteiger partial charge in [-0.15, -0.1) is 0 Å². The lowest BCUT2D eigenvalue weighted by Gasteiger charge is -2.38. The molecule has 2 rings (SSSR count). The number of ether oxygens (including phenoxy) is 1. The van der Waals surface area contributed by atoms with Gasteiger partial charge in [0.1, 0.15) is 5.60 Å². The zero-order valence-electron chi connectivity index (χ0n) is 15.4. The van der Waals surface area contributed by atoms with Crippen LogP contribution in [0.1, 0.15) is 45.7 Å². The minimum Gasteiger partial charge on any atom is -0.481 e. The standard InChI is InChI=1S/C19H28N2O4/c1-13(14-8-6-5-7-9-14)20-16-10-11-21(12-15(16)17(22)23)18(24)25-19(2,3)4/h5-9,13,15-16,20H,10-12H2,1-4H3,(H,22,23)/t13-,15-,16+/m1/s1. The number of carboxylic acid groups (broad SMARTS) is 1. The SMILES string of the molecule is C[C@@H](N[C@H]1CCN(C(=O)OC(C)(C)C)C[C@H]1C(=O)O)c1ccccc1. The molecule has 1 fully saturated rings. The first-order chi connectivity index (χ1) is 11.7. The summed E-state index contributed by atoms with van der Waals surface area (Å²) in [4.78, 5) is 25.4. The lowest BCUT2D eigenvalue weighted by atomic mass is 9.91. The molecule has 0 aromatic heterocycles. The van der Waals surface area contributed by atoms with Crippen LogP contribution < -0.4 is 5.32 Å². The highest BCUT2D eigenvalue weighted by Gasteiger charge is 2.38. The van der Waals surface area contributed by atoms with Gasteiger partial charge >= 0.3 is 12.1 Å². The monoisotopic (exact) mass is 348 g/mol. The molecule has 0 bridgehead atoms. The fourth-order valence-electron chi connectivity index (χ4n) is 3.05. The second kappa shape index (κ2) is 7.87. The van der Waals surface area contributed by atoms with Gasteiger partial charge in [0.2, 0.25) is 0 Å². The maximum absolute atomic E-state index is 12.2. The maximum atomic E-state index is 12.2. The Balaban J connectivity index is 2.02. The molecule has 1 aliphatic heterocycles. The van der Waals surface area contributed by atoms with Crippen LogP contribution in [0.4, 0.5) is 4.79 Å². The highest BCUT2D eigenvalue weighted by Crippen LogP contribution is 2.23. The summed E-state index contributed by atoms with van der Waals surface area (Å²) in [6, 6.07) is 9.77. The van der Waals surface area contributed by atoms with Crippen LogP contribution in [0.2, 0.25) is 0 Å². The predicted molar refractivity (Wildman–Crippen MR) is 95.3 cm³/mol. The van der Waals surface area contributed by atoms with Crippen molar-refractivity contribution in [2.75, 3.05) is 13.1 Å². The molecule has 3 atom stereocenters. The first-order valence-corrected chi connectivity index (χ1v) is 8.69. The van der Waals surface area contributed by atoms with Gasteiger partial charge in [0.05, 0.1) is 5.92 Å². The summed E-state index contributed by atoms with van der Waals surface area (Å²) in [5.74, 6) is -1.56. The number of rotatable bonds is 4. The smallest absolute Gasteiger partial charge is 0.410 e. The van der Waals surface area contributed by atoms with Crippen LogP contribution >= 0.6 is 0 Å². The van der Waals surface area contributed by atoms with Crippen LogP contribution in [0, 0.1) is 5.92 Å². The van der Waals surface area contributed by atoms with Crippen molar-refractivity contribution in [2.45, 2.75) is 51.8 Å². The van der Waals surface area contributed by atoms with Crippen LogP contribution in [0.5, 0.6) is 0 Å². The summed E-state index contributed by atoms with van der Waals surface area (Å²) < 4.78 is 5.36. The van der Waals surface area contributed by atoms with E-state index in [9.17, 15) is 14.7 Å². The van der Waals surface area contributed by atoms with E-state index in [2.05, 4.69) is 5.32 Å². The van der Waals surface area contributed by atoms with Gasteiger partial charge in [0.15, 0.2) is 0 Å². The molecule has 0 radical (unpaired) electrons. The molecule has 0 saturated carbocycles. The molecular formula is C19H28N2O4. The zero-order chi connectivity index (χ0) is 18.6. The summed E-state index contributed by atoms with van der Waals surface area (Å²) >= 11 is 0. The van der Waals surface area contributed by atoms with E-state index in [1.807, 2.05) is 37.3 Å². The molecule has 2 N–H and O–H groups in total. The molecule has 138 valence electrons. The van der Waals surface area contributed by atoms with Crippen LogP contribution in [-0.4, -0.2) is 46.8 Å². The summed E-state index contributed by atoms with van der Waals surface area (Å²) in [6.45, 7) is 8.07. The van der Waals surface area contributed by atoms with Gasteiger partial charge < -0.3 is 20.1 Å². The summed E-state index contributed by atoms with van der Waals surface area (Å²) in [5.41, 5.74) is 0.522. The Morgan fingerprint density at radius 3 is 2.48 bits per heavy atom. The third kappa shape index (κ3) is 5.46. The number of aliphatic carboxylic acids is 1. The number of carbonyl (C=O) groups excluding carboxylic acids is 1. The predicted octanol–water partition coefficient (Wildman–Crippen LogP) is 3.05. The van der Waals surface area contributed by atoms with Crippen LogP contribution in [0.15, 0.2) is 30.3 Å². The van der Waals surface area contributed by atoms with E-state index in [1.165, 1.54) is 4.90 Å². The van der Waals surface area contributed by atoms with E-state index < -0.39 is 23.6 Å². The highest BCUT2D eigenvalue weighted by molar-refractivity contribution is 5.74. The van der Waals surface area contributed by atoms with E-state index in [1.54, 1.807) is 20.8 Å². The van der Waals surface area contributed by atoms with Crippen molar-refractivity contribution >= 4 is 12.1 Å². The largest absolute Gasteiger partial charge is 0.481 e. The number of likely N-dealkylation sites (tertiary alicyclic amines) is 1. The Morgan fingerprint density at radius 2 is 1.92 bits per heavy atom. The average molecular weight is 348 g/mol. The van der Waals surface area contributed by atoms with Crippen molar-refractivity contribution in [2.24, 2.45) is 5.92 Å². The number of carboxylic acids is 1. The Labute approximate surface area is 149 Å². The van der Waals surface area contributed by atoms with Crippen LogP contribution in [0.3, 0.4) is 0 Å². The molecule has 0 aliphatic carbocycles. The van der Waals surface area contributed by atoms with Gasteiger partial charge in [-0.25, -0.2) is 4.79 Å². The molecule has 0 spiro atoms. The first kappa shape index (κ1) is 19.2. The number of hydrogen-bond donors (Lipinski definition) is 2. The van der Waals surface area contributed by atoms with Crippen molar-refractivity contribution in [3.05, 3.63) is 35.9 Å². The lowest BCUT2D eigenvalue weighted by Crippen LogP contribution is -2.54. The van der Waals surface area contributed by atoms with Crippen molar-refractivity contribution in [3.63, 3.8) is 0 Å². The van der Waals surface area contributed by atoms with Crippen LogP contribution in [0.25, 0.3) is 0 Å². The van der Waals surface area contributed by atoms with Gasteiger partial charge in [-0.05, 0) is 39.7 Å². The van der Waals surface area contributed by atoms with Gasteiger partial charge in [0, 0.05) is 25.2 Å². The molecule has 1 amide bonds. The summed E-state index contributed by atoms with van der Waals surface area (Å²) in [7, 11) is 0. The number of carbonyl (C=O) groups is 2. The quantitative estimate of drug-likeness (QED) is 0.874. The molecule has 6 nitrogen and oxygen atoms in total. The average Bonchev–Trinajstić information content (AvgIpc) is 2.54. The number of nitrogens with zero attached hydrogens (tertiary/aromatic N) is 1. The molecule has 6 heteroatoms. The maximum Gasteiger partial charge on any atom is 0.410 e. The van der Waals surface area contributed by atoms with E-state index in [0.717, 1.165) is 5.56 Å². The second-order valence-corrected chi connectivity index (χ2v) is 7.57. The molecule has 1 aromatic rings. The summed E-state index contributed by atoms with van der Waals surface area (Å²) in [6.07, 6.45) is 0.126. The van der Waals surface area contributed by atoms with Crippen molar-refractivity contribution in [1.82, 2.24) is 10.2 Å². The van der Waals surface area contributed by atoms with E-state index in [0.29, 0.717) is 13.0 Å². The lowest BCUT2D eigenvalue weighted by molar-refractivity contribution is -0.144. The number of nitrogens with one attached hydrogen (secondary N) is 1. The number of amides is 1. The third-order valence-electron chi connectivity index (χ3n) is 4.35.